The van der Waals surface area contributed by atoms with Gasteiger partial charge in [-0.3, -0.25) is 4.79 Å². The van der Waals surface area contributed by atoms with Gasteiger partial charge in [-0.25, -0.2) is 12.7 Å². The Hall–Kier alpha value is -2.18. The van der Waals surface area contributed by atoms with E-state index >= 15 is 0 Å². The van der Waals surface area contributed by atoms with Crippen molar-refractivity contribution in [3.63, 3.8) is 0 Å². The Morgan fingerprint density at radius 3 is 2.48 bits per heavy atom. The van der Waals surface area contributed by atoms with Gasteiger partial charge in [0.15, 0.2) is 0 Å². The molecule has 0 aliphatic heterocycles. The summed E-state index contributed by atoms with van der Waals surface area (Å²) in [4.78, 5) is 12.5. The van der Waals surface area contributed by atoms with Crippen LogP contribution in [0.2, 0.25) is 0 Å². The minimum absolute atomic E-state index is 0.151. The minimum Gasteiger partial charge on any atom is -0.352 e. The lowest BCUT2D eigenvalue weighted by atomic mass is 10.1. The van der Waals surface area contributed by atoms with E-state index in [4.69, 9.17) is 0 Å². The van der Waals surface area contributed by atoms with Gasteiger partial charge in [0.05, 0.1) is 4.90 Å². The van der Waals surface area contributed by atoms with Gasteiger partial charge < -0.3 is 5.32 Å². The molecular formula is C21H28N2O3S. The summed E-state index contributed by atoms with van der Waals surface area (Å²) in [5.74, 6) is -0.253. The lowest BCUT2D eigenvalue weighted by Gasteiger charge is -2.17. The second-order valence-electron chi connectivity index (χ2n) is 6.55. The van der Waals surface area contributed by atoms with Gasteiger partial charge in [-0.05, 0) is 43.0 Å². The van der Waals surface area contributed by atoms with Crippen LogP contribution in [0.4, 0.5) is 0 Å². The SMILES string of the molecule is CCCCN(C)S(=O)(=O)c1cccc(C(=O)NCCCc2ccccc2)c1. The van der Waals surface area contributed by atoms with Crippen molar-refractivity contribution in [3.05, 3.63) is 65.7 Å². The molecule has 2 rings (SSSR count). The smallest absolute Gasteiger partial charge is 0.251 e. The number of carbonyl (C=O) groups is 1. The zero-order chi connectivity index (χ0) is 19.7. The summed E-state index contributed by atoms with van der Waals surface area (Å²) in [6, 6.07) is 16.3. The highest BCUT2D eigenvalue weighted by atomic mass is 32.2. The van der Waals surface area contributed by atoms with Crippen LogP contribution in [-0.2, 0) is 16.4 Å². The Bertz CT molecular complexity index is 836. The zero-order valence-corrected chi connectivity index (χ0v) is 16.8. The Morgan fingerprint density at radius 1 is 1.04 bits per heavy atom. The van der Waals surface area contributed by atoms with Gasteiger partial charge >= 0.3 is 0 Å². The average molecular weight is 389 g/mol. The van der Waals surface area contributed by atoms with Crippen LogP contribution in [0.25, 0.3) is 0 Å². The molecule has 2 aromatic rings. The van der Waals surface area contributed by atoms with E-state index < -0.39 is 10.0 Å². The van der Waals surface area contributed by atoms with Crippen LogP contribution in [-0.4, -0.2) is 38.8 Å². The molecular weight excluding hydrogens is 360 g/mol. The molecule has 1 amide bonds. The zero-order valence-electron chi connectivity index (χ0n) is 16.0. The van der Waals surface area contributed by atoms with Gasteiger partial charge in [0.25, 0.3) is 5.91 Å². The van der Waals surface area contributed by atoms with Crippen molar-refractivity contribution < 1.29 is 13.2 Å². The monoisotopic (exact) mass is 388 g/mol. The van der Waals surface area contributed by atoms with Crippen LogP contribution in [0, 0.1) is 0 Å². The molecule has 0 aromatic heterocycles. The van der Waals surface area contributed by atoms with Gasteiger partial charge in [0, 0.05) is 25.7 Å². The van der Waals surface area contributed by atoms with E-state index in [0.29, 0.717) is 18.7 Å². The molecule has 0 fully saturated rings. The lowest BCUT2D eigenvalue weighted by Crippen LogP contribution is -2.29. The summed E-state index contributed by atoms with van der Waals surface area (Å²) in [5, 5.41) is 2.86. The number of carbonyl (C=O) groups excluding carboxylic acids is 1. The molecule has 0 saturated heterocycles. The average Bonchev–Trinajstić information content (AvgIpc) is 2.70. The van der Waals surface area contributed by atoms with E-state index in [9.17, 15) is 13.2 Å². The number of amides is 1. The summed E-state index contributed by atoms with van der Waals surface area (Å²) >= 11 is 0. The topological polar surface area (TPSA) is 66.5 Å². The Morgan fingerprint density at radius 2 is 1.78 bits per heavy atom. The number of hydrogen-bond donors (Lipinski definition) is 1. The third-order valence-electron chi connectivity index (χ3n) is 4.40. The van der Waals surface area contributed by atoms with Crippen LogP contribution in [0.1, 0.15) is 42.1 Å². The molecule has 6 heteroatoms. The van der Waals surface area contributed by atoms with Crippen LogP contribution in [0.5, 0.6) is 0 Å². The first kappa shape index (κ1) is 21.1. The number of unbranched alkanes of at least 4 members (excludes halogenated alkanes) is 1. The van der Waals surface area contributed by atoms with E-state index in [1.807, 2.05) is 25.1 Å². The number of benzene rings is 2. The largest absolute Gasteiger partial charge is 0.352 e. The van der Waals surface area contributed by atoms with Crippen molar-refractivity contribution in [2.24, 2.45) is 0 Å². The molecule has 0 unspecified atom stereocenters. The van der Waals surface area contributed by atoms with E-state index in [-0.39, 0.29) is 10.8 Å². The minimum atomic E-state index is -3.58. The third-order valence-corrected chi connectivity index (χ3v) is 6.25. The second-order valence-corrected chi connectivity index (χ2v) is 8.60. The van der Waals surface area contributed by atoms with Crippen LogP contribution in [0.15, 0.2) is 59.5 Å². The summed E-state index contributed by atoms with van der Waals surface area (Å²) in [6.07, 6.45) is 3.44. The van der Waals surface area contributed by atoms with Crippen molar-refractivity contribution in [2.75, 3.05) is 20.1 Å². The van der Waals surface area contributed by atoms with Crippen LogP contribution < -0.4 is 5.32 Å². The number of nitrogens with one attached hydrogen (secondary N) is 1. The van der Waals surface area contributed by atoms with E-state index in [1.165, 1.54) is 22.0 Å². The van der Waals surface area contributed by atoms with Crippen molar-refractivity contribution >= 4 is 15.9 Å². The number of hydrogen-bond acceptors (Lipinski definition) is 3. The summed E-state index contributed by atoms with van der Waals surface area (Å²) in [6.45, 7) is 3.03. The summed E-state index contributed by atoms with van der Waals surface area (Å²) in [5.41, 5.74) is 1.59. The van der Waals surface area contributed by atoms with Crippen molar-refractivity contribution in [1.29, 1.82) is 0 Å². The van der Waals surface area contributed by atoms with Gasteiger partial charge in [-0.1, -0.05) is 49.7 Å². The highest BCUT2D eigenvalue weighted by molar-refractivity contribution is 7.89. The summed E-state index contributed by atoms with van der Waals surface area (Å²) < 4.78 is 26.6. The van der Waals surface area contributed by atoms with Crippen molar-refractivity contribution in [2.45, 2.75) is 37.5 Å². The molecule has 146 valence electrons. The maximum Gasteiger partial charge on any atom is 0.251 e. The lowest BCUT2D eigenvalue weighted by molar-refractivity contribution is 0.0953. The predicted octanol–water partition coefficient (Wildman–Crippen LogP) is 3.47. The Balaban J connectivity index is 1.94. The fraction of sp³-hybridized carbons (Fsp3) is 0.381. The molecule has 27 heavy (non-hydrogen) atoms. The highest BCUT2D eigenvalue weighted by Crippen LogP contribution is 2.16. The molecule has 0 bridgehead atoms. The van der Waals surface area contributed by atoms with E-state index in [2.05, 4.69) is 17.4 Å². The molecule has 0 heterocycles. The third kappa shape index (κ3) is 6.19. The van der Waals surface area contributed by atoms with Crippen molar-refractivity contribution in [1.82, 2.24) is 9.62 Å². The first-order valence-electron chi connectivity index (χ1n) is 9.33. The molecule has 0 radical (unpaired) electrons. The molecule has 5 nitrogen and oxygen atoms in total. The predicted molar refractivity (Wildman–Crippen MR) is 108 cm³/mol. The maximum absolute atomic E-state index is 12.6. The maximum atomic E-state index is 12.6. The fourth-order valence-electron chi connectivity index (χ4n) is 2.72. The molecule has 0 spiro atoms. The molecule has 0 aliphatic carbocycles. The van der Waals surface area contributed by atoms with Gasteiger partial charge in [-0.2, -0.15) is 0 Å². The van der Waals surface area contributed by atoms with Gasteiger partial charge in [0.2, 0.25) is 10.0 Å². The Kier molecular flexibility index (Phi) is 8.00. The standard InChI is InChI=1S/C21H28N2O3S/c1-3-4-16-23(2)27(25,26)20-14-8-13-19(17-20)21(24)22-15-9-12-18-10-6-5-7-11-18/h5-8,10-11,13-14,17H,3-4,9,12,15-16H2,1-2H3,(H,22,24). The first-order chi connectivity index (χ1) is 12.9. The van der Waals surface area contributed by atoms with Crippen LogP contribution >= 0.6 is 0 Å². The van der Waals surface area contributed by atoms with E-state index in [0.717, 1.165) is 25.7 Å². The normalized spacial score (nSPS) is 11.5. The number of nitrogens with zero attached hydrogens (tertiary/aromatic N) is 1. The Labute approximate surface area is 162 Å². The highest BCUT2D eigenvalue weighted by Gasteiger charge is 2.21. The number of rotatable bonds is 10. The van der Waals surface area contributed by atoms with Crippen LogP contribution in [0.3, 0.4) is 0 Å². The quantitative estimate of drug-likeness (QED) is 0.634. The van der Waals surface area contributed by atoms with E-state index in [1.54, 1.807) is 19.2 Å². The van der Waals surface area contributed by atoms with Crippen molar-refractivity contribution in [3.8, 4) is 0 Å². The molecule has 0 saturated carbocycles. The number of aryl methyl sites for hydroxylation is 1. The summed E-state index contributed by atoms with van der Waals surface area (Å²) in [7, 11) is -2.00. The molecule has 1 N–H and O–H groups in total. The molecule has 0 aliphatic rings. The molecule has 0 atom stereocenters. The second kappa shape index (κ2) is 10.2. The number of sulfonamides is 1. The first-order valence-corrected chi connectivity index (χ1v) is 10.8. The molecule has 2 aromatic carbocycles. The van der Waals surface area contributed by atoms with Gasteiger partial charge in [0.1, 0.15) is 0 Å². The van der Waals surface area contributed by atoms with Gasteiger partial charge in [-0.15, -0.1) is 0 Å². The fourth-order valence-corrected chi connectivity index (χ4v) is 3.98.